The zero-order valence-electron chi connectivity index (χ0n) is 17.3. The minimum atomic E-state index is -0.636. The molecule has 28 heavy (non-hydrogen) atoms. The molecule has 0 saturated carbocycles. The van der Waals surface area contributed by atoms with Gasteiger partial charge in [-0.3, -0.25) is 9.59 Å². The van der Waals surface area contributed by atoms with E-state index in [0.29, 0.717) is 25.1 Å². The van der Waals surface area contributed by atoms with Crippen LogP contribution in [-0.2, 0) is 19.1 Å². The quantitative estimate of drug-likeness (QED) is 0.530. The van der Waals surface area contributed by atoms with E-state index in [1.165, 1.54) is 36.3 Å². The third kappa shape index (κ3) is 5.50. The van der Waals surface area contributed by atoms with Crippen LogP contribution in [0.3, 0.4) is 0 Å². The number of amides is 2. The van der Waals surface area contributed by atoms with Gasteiger partial charge in [-0.2, -0.15) is 0 Å². The highest BCUT2D eigenvalue weighted by molar-refractivity contribution is 8.00. The van der Waals surface area contributed by atoms with Crippen molar-refractivity contribution in [3.8, 4) is 0 Å². The fraction of sp³-hybridized carbons (Fsp3) is 0.571. The average molecular weight is 407 g/mol. The summed E-state index contributed by atoms with van der Waals surface area (Å²) in [4.78, 5) is 37.5. The van der Waals surface area contributed by atoms with Crippen molar-refractivity contribution in [2.45, 2.75) is 58.4 Å². The predicted molar refractivity (Wildman–Crippen MR) is 111 cm³/mol. The van der Waals surface area contributed by atoms with Crippen LogP contribution in [0.1, 0.15) is 53.8 Å². The molecule has 6 nitrogen and oxygen atoms in total. The van der Waals surface area contributed by atoms with Crippen LogP contribution in [0.25, 0.3) is 0 Å². The largest absolute Gasteiger partial charge is 0.467 e. The Balaban J connectivity index is 1.99. The second-order valence-corrected chi connectivity index (χ2v) is 8.40. The van der Waals surface area contributed by atoms with E-state index in [4.69, 9.17) is 4.74 Å². The summed E-state index contributed by atoms with van der Waals surface area (Å²) in [5, 5.41) is 2.67. The number of unbranched alkanes of at least 4 members (excludes halogenated alkanes) is 1. The second kappa shape index (κ2) is 9.96. The van der Waals surface area contributed by atoms with Gasteiger partial charge in [0.05, 0.1) is 12.9 Å². The highest BCUT2D eigenvalue weighted by atomic mass is 32.2. The fourth-order valence-corrected chi connectivity index (χ4v) is 5.19. The molecule has 1 aliphatic rings. The molecule has 1 N–H and O–H groups in total. The fourth-order valence-electron chi connectivity index (χ4n) is 3.78. The average Bonchev–Trinajstić information content (AvgIpc) is 2.96. The molecule has 2 unspecified atom stereocenters. The van der Waals surface area contributed by atoms with Gasteiger partial charge in [0.25, 0.3) is 0 Å². The number of nitrogens with one attached hydrogen (secondary N) is 1. The van der Waals surface area contributed by atoms with Crippen molar-refractivity contribution < 1.29 is 19.1 Å². The molecule has 2 amide bonds. The van der Waals surface area contributed by atoms with E-state index in [0.717, 1.165) is 6.42 Å². The van der Waals surface area contributed by atoms with Crippen molar-refractivity contribution in [1.82, 2.24) is 10.2 Å². The normalized spacial score (nSPS) is 17.5. The number of aryl methyl sites for hydroxylation is 3. The Morgan fingerprint density at radius 3 is 2.46 bits per heavy atom. The number of hydrogen-bond acceptors (Lipinski definition) is 5. The van der Waals surface area contributed by atoms with Crippen LogP contribution in [0, 0.1) is 20.8 Å². The molecule has 0 spiro atoms. The van der Waals surface area contributed by atoms with E-state index in [1.807, 2.05) is 4.90 Å². The Morgan fingerprint density at radius 2 is 1.89 bits per heavy atom. The van der Waals surface area contributed by atoms with Gasteiger partial charge in [0.2, 0.25) is 11.8 Å². The Labute approximate surface area is 171 Å². The standard InChI is InChI=1S/C21H30N2O4S/c1-13-10-14(2)19(15(3)11-13)20-23(18(25)12-28-20)9-7-6-8-17(21(26)27-5)22-16(4)24/h10-11,17,20H,6-9,12H2,1-5H3,(H,22,24). The summed E-state index contributed by atoms with van der Waals surface area (Å²) in [7, 11) is 1.31. The van der Waals surface area contributed by atoms with Gasteiger partial charge in [-0.15, -0.1) is 11.8 Å². The van der Waals surface area contributed by atoms with Gasteiger partial charge in [0, 0.05) is 13.5 Å². The maximum absolute atomic E-state index is 12.4. The zero-order valence-corrected chi connectivity index (χ0v) is 18.1. The second-order valence-electron chi connectivity index (χ2n) is 7.33. The molecule has 2 rings (SSSR count). The molecule has 1 aromatic rings. The van der Waals surface area contributed by atoms with Gasteiger partial charge in [0.15, 0.2) is 0 Å². The van der Waals surface area contributed by atoms with Gasteiger partial charge >= 0.3 is 5.97 Å². The van der Waals surface area contributed by atoms with Gasteiger partial charge in [-0.1, -0.05) is 17.7 Å². The number of carbonyl (C=O) groups excluding carboxylic acids is 3. The van der Waals surface area contributed by atoms with E-state index in [1.54, 1.807) is 11.8 Å². The summed E-state index contributed by atoms with van der Waals surface area (Å²) < 4.78 is 4.75. The Kier molecular flexibility index (Phi) is 7.92. The molecule has 1 aliphatic heterocycles. The third-order valence-electron chi connectivity index (χ3n) is 4.96. The molecule has 154 valence electrons. The van der Waals surface area contributed by atoms with Crippen molar-refractivity contribution in [3.63, 3.8) is 0 Å². The van der Waals surface area contributed by atoms with Crippen molar-refractivity contribution in [2.24, 2.45) is 0 Å². The van der Waals surface area contributed by atoms with Crippen LogP contribution in [0.5, 0.6) is 0 Å². The zero-order chi connectivity index (χ0) is 20.8. The summed E-state index contributed by atoms with van der Waals surface area (Å²) in [6.45, 7) is 8.31. The minimum Gasteiger partial charge on any atom is -0.467 e. The number of rotatable bonds is 8. The lowest BCUT2D eigenvalue weighted by Crippen LogP contribution is -2.40. The van der Waals surface area contributed by atoms with Crippen LogP contribution in [0.4, 0.5) is 0 Å². The van der Waals surface area contributed by atoms with Crippen LogP contribution in [0.15, 0.2) is 12.1 Å². The minimum absolute atomic E-state index is 0.0415. The summed E-state index contributed by atoms with van der Waals surface area (Å²) in [6, 6.07) is 3.69. The van der Waals surface area contributed by atoms with Gasteiger partial charge < -0.3 is 15.0 Å². The maximum atomic E-state index is 12.4. The molecular formula is C21H30N2O4S. The molecule has 0 aliphatic carbocycles. The summed E-state index contributed by atoms with van der Waals surface area (Å²) in [5.74, 6) is -0.0480. The number of thioether (sulfide) groups is 1. The summed E-state index contributed by atoms with van der Waals surface area (Å²) in [6.07, 6.45) is 1.97. The van der Waals surface area contributed by atoms with E-state index >= 15 is 0 Å². The number of hydrogen-bond donors (Lipinski definition) is 1. The molecule has 1 heterocycles. The smallest absolute Gasteiger partial charge is 0.328 e. The lowest BCUT2D eigenvalue weighted by Gasteiger charge is -2.27. The number of benzene rings is 1. The number of ether oxygens (including phenoxy) is 1. The first kappa shape index (κ1) is 22.3. The van der Waals surface area contributed by atoms with Crippen molar-refractivity contribution in [1.29, 1.82) is 0 Å². The number of nitrogens with zero attached hydrogens (tertiary/aromatic N) is 1. The predicted octanol–water partition coefficient (Wildman–Crippen LogP) is 3.03. The number of carbonyl (C=O) groups is 3. The lowest BCUT2D eigenvalue weighted by atomic mass is 9.99. The Morgan fingerprint density at radius 1 is 1.25 bits per heavy atom. The highest BCUT2D eigenvalue weighted by Gasteiger charge is 2.34. The summed E-state index contributed by atoms with van der Waals surface area (Å²) >= 11 is 1.67. The Hall–Kier alpha value is -2.02. The van der Waals surface area contributed by atoms with Crippen molar-refractivity contribution in [3.05, 3.63) is 34.4 Å². The monoisotopic (exact) mass is 406 g/mol. The van der Waals surface area contributed by atoms with Crippen LogP contribution in [-0.4, -0.2) is 48.1 Å². The van der Waals surface area contributed by atoms with E-state index < -0.39 is 12.0 Å². The van der Waals surface area contributed by atoms with Crippen LogP contribution < -0.4 is 5.32 Å². The first-order chi connectivity index (χ1) is 13.2. The number of esters is 1. The Bertz CT molecular complexity index is 727. The molecule has 0 bridgehead atoms. The highest BCUT2D eigenvalue weighted by Crippen LogP contribution is 2.41. The van der Waals surface area contributed by atoms with Crippen molar-refractivity contribution in [2.75, 3.05) is 19.4 Å². The van der Waals surface area contributed by atoms with Gasteiger partial charge in [-0.25, -0.2) is 4.79 Å². The SMILES string of the molecule is COC(=O)C(CCCCN1C(=O)CSC1c1c(C)cc(C)cc1C)NC(C)=O. The van der Waals surface area contributed by atoms with Gasteiger partial charge in [-0.05, 0) is 56.7 Å². The van der Waals surface area contributed by atoms with Crippen molar-refractivity contribution >= 4 is 29.5 Å². The topological polar surface area (TPSA) is 75.7 Å². The third-order valence-corrected chi connectivity index (χ3v) is 6.18. The first-order valence-electron chi connectivity index (χ1n) is 9.58. The molecule has 2 atom stereocenters. The van der Waals surface area contributed by atoms with Crippen LogP contribution >= 0.6 is 11.8 Å². The van der Waals surface area contributed by atoms with E-state index in [2.05, 4.69) is 38.2 Å². The molecule has 1 saturated heterocycles. The van der Waals surface area contributed by atoms with E-state index in [9.17, 15) is 14.4 Å². The molecule has 1 fully saturated rings. The molecular weight excluding hydrogens is 376 g/mol. The lowest BCUT2D eigenvalue weighted by molar-refractivity contribution is -0.145. The number of methoxy groups -OCH3 is 1. The molecule has 0 aromatic heterocycles. The van der Waals surface area contributed by atoms with Crippen LogP contribution in [0.2, 0.25) is 0 Å². The maximum Gasteiger partial charge on any atom is 0.328 e. The molecule has 7 heteroatoms. The first-order valence-corrected chi connectivity index (χ1v) is 10.6. The molecule has 1 aromatic carbocycles. The summed E-state index contributed by atoms with van der Waals surface area (Å²) in [5.41, 5.74) is 4.89. The van der Waals surface area contributed by atoms with E-state index in [-0.39, 0.29) is 17.2 Å². The molecule has 0 radical (unpaired) electrons. The van der Waals surface area contributed by atoms with Gasteiger partial charge in [0.1, 0.15) is 11.4 Å².